The van der Waals surface area contributed by atoms with Crippen LogP contribution in [0.4, 0.5) is 5.69 Å². The molecule has 5 heteroatoms. The van der Waals surface area contributed by atoms with Crippen LogP contribution in [0.25, 0.3) is 0 Å². The first-order chi connectivity index (χ1) is 12.5. The first kappa shape index (κ1) is 18.0. The fourth-order valence-corrected chi connectivity index (χ4v) is 3.18. The van der Waals surface area contributed by atoms with Gasteiger partial charge in [0.15, 0.2) is 0 Å². The molecule has 136 valence electrons. The van der Waals surface area contributed by atoms with Gasteiger partial charge >= 0.3 is 11.8 Å². The Morgan fingerprint density at radius 3 is 2.19 bits per heavy atom. The van der Waals surface area contributed by atoms with Gasteiger partial charge in [-0.15, -0.1) is 0 Å². The first-order valence-electron chi connectivity index (χ1n) is 8.93. The van der Waals surface area contributed by atoms with E-state index in [0.717, 1.165) is 29.7 Å². The second-order valence-corrected chi connectivity index (χ2v) is 6.65. The van der Waals surface area contributed by atoms with E-state index < -0.39 is 11.8 Å². The summed E-state index contributed by atoms with van der Waals surface area (Å²) in [5, 5.41) is 2.64. The highest BCUT2D eigenvalue weighted by Crippen LogP contribution is 2.26. The Hall–Kier alpha value is -2.82. The maximum absolute atomic E-state index is 12.3. The predicted octanol–water partition coefficient (Wildman–Crippen LogP) is 3.31. The SMILES string of the molecule is Cc1cccc(C)c1OC1CCN(C(=O)C(=O)Nc2ccccc2)CC1. The summed E-state index contributed by atoms with van der Waals surface area (Å²) in [5.41, 5.74) is 2.86. The van der Waals surface area contributed by atoms with Crippen LogP contribution in [0, 0.1) is 13.8 Å². The van der Waals surface area contributed by atoms with Crippen LogP contribution in [0.1, 0.15) is 24.0 Å². The molecule has 0 spiro atoms. The Morgan fingerprint density at radius 1 is 0.962 bits per heavy atom. The average Bonchev–Trinajstić information content (AvgIpc) is 2.65. The number of piperidine rings is 1. The van der Waals surface area contributed by atoms with Crippen LogP contribution in [0.5, 0.6) is 5.75 Å². The molecule has 26 heavy (non-hydrogen) atoms. The molecule has 0 aliphatic carbocycles. The van der Waals surface area contributed by atoms with Gasteiger partial charge in [0.1, 0.15) is 11.9 Å². The molecule has 0 saturated carbocycles. The van der Waals surface area contributed by atoms with Gasteiger partial charge in [-0.05, 0) is 37.1 Å². The van der Waals surface area contributed by atoms with E-state index in [2.05, 4.69) is 5.32 Å². The smallest absolute Gasteiger partial charge is 0.313 e. The number of carbonyl (C=O) groups is 2. The summed E-state index contributed by atoms with van der Waals surface area (Å²) in [4.78, 5) is 26.1. The number of hydrogen-bond acceptors (Lipinski definition) is 3. The van der Waals surface area contributed by atoms with Crippen molar-refractivity contribution >= 4 is 17.5 Å². The highest BCUT2D eigenvalue weighted by atomic mass is 16.5. The van der Waals surface area contributed by atoms with E-state index in [0.29, 0.717) is 18.8 Å². The minimum absolute atomic E-state index is 0.0658. The summed E-state index contributed by atoms with van der Waals surface area (Å²) >= 11 is 0. The molecule has 0 atom stereocenters. The molecule has 0 aromatic heterocycles. The lowest BCUT2D eigenvalue weighted by atomic mass is 10.1. The van der Waals surface area contributed by atoms with Crippen molar-refractivity contribution in [3.05, 3.63) is 59.7 Å². The quantitative estimate of drug-likeness (QED) is 0.862. The monoisotopic (exact) mass is 352 g/mol. The molecule has 0 bridgehead atoms. The standard InChI is InChI=1S/C21H24N2O3/c1-15-7-6-8-16(2)19(15)26-18-11-13-23(14-12-18)21(25)20(24)22-17-9-4-3-5-10-17/h3-10,18H,11-14H2,1-2H3,(H,22,24). The Balaban J connectivity index is 1.53. The van der Waals surface area contributed by atoms with Crippen molar-refractivity contribution in [2.45, 2.75) is 32.8 Å². The summed E-state index contributed by atoms with van der Waals surface area (Å²) in [6.45, 7) is 5.12. The number of nitrogens with zero attached hydrogens (tertiary/aromatic N) is 1. The topological polar surface area (TPSA) is 58.6 Å². The minimum atomic E-state index is -0.592. The lowest BCUT2D eigenvalue weighted by molar-refractivity contribution is -0.144. The second-order valence-electron chi connectivity index (χ2n) is 6.65. The van der Waals surface area contributed by atoms with Crippen molar-refractivity contribution < 1.29 is 14.3 Å². The molecule has 2 amide bonds. The zero-order valence-corrected chi connectivity index (χ0v) is 15.2. The average molecular weight is 352 g/mol. The van der Waals surface area contributed by atoms with Gasteiger partial charge in [-0.3, -0.25) is 9.59 Å². The fraction of sp³-hybridized carbons (Fsp3) is 0.333. The van der Waals surface area contributed by atoms with Crippen molar-refractivity contribution in [2.75, 3.05) is 18.4 Å². The van der Waals surface area contributed by atoms with Crippen LogP contribution in [-0.4, -0.2) is 35.9 Å². The number of para-hydroxylation sites is 2. The van der Waals surface area contributed by atoms with Gasteiger partial charge in [-0.1, -0.05) is 36.4 Å². The molecular weight excluding hydrogens is 328 g/mol. The van der Waals surface area contributed by atoms with E-state index in [-0.39, 0.29) is 6.10 Å². The Labute approximate surface area is 154 Å². The number of likely N-dealkylation sites (tertiary alicyclic amines) is 1. The molecule has 1 fully saturated rings. The second kappa shape index (κ2) is 8.04. The normalized spacial score (nSPS) is 14.8. The Kier molecular flexibility index (Phi) is 5.56. The lowest BCUT2D eigenvalue weighted by Gasteiger charge is -2.32. The molecular formula is C21H24N2O3. The van der Waals surface area contributed by atoms with Gasteiger partial charge in [-0.25, -0.2) is 0 Å². The molecule has 2 aromatic carbocycles. The van der Waals surface area contributed by atoms with Crippen molar-refractivity contribution in [3.63, 3.8) is 0 Å². The predicted molar refractivity (Wildman–Crippen MR) is 101 cm³/mol. The largest absolute Gasteiger partial charge is 0.490 e. The van der Waals surface area contributed by atoms with Gasteiger partial charge in [0, 0.05) is 31.6 Å². The maximum Gasteiger partial charge on any atom is 0.313 e. The number of anilines is 1. The van der Waals surface area contributed by atoms with Crippen molar-refractivity contribution in [1.29, 1.82) is 0 Å². The third kappa shape index (κ3) is 4.23. The van der Waals surface area contributed by atoms with Gasteiger partial charge in [0.2, 0.25) is 0 Å². The molecule has 1 saturated heterocycles. The summed E-state index contributed by atoms with van der Waals surface area (Å²) in [6, 6.07) is 15.1. The molecule has 1 aliphatic heterocycles. The fourth-order valence-electron chi connectivity index (χ4n) is 3.18. The number of rotatable bonds is 3. The maximum atomic E-state index is 12.3. The third-order valence-electron chi connectivity index (χ3n) is 4.65. The van der Waals surface area contributed by atoms with E-state index in [1.165, 1.54) is 0 Å². The summed E-state index contributed by atoms with van der Waals surface area (Å²) in [6.07, 6.45) is 1.51. The van der Waals surface area contributed by atoms with Crippen molar-refractivity contribution in [1.82, 2.24) is 4.90 Å². The zero-order chi connectivity index (χ0) is 18.5. The van der Waals surface area contributed by atoms with Crippen molar-refractivity contribution in [3.8, 4) is 5.75 Å². The van der Waals surface area contributed by atoms with E-state index in [9.17, 15) is 9.59 Å². The number of benzene rings is 2. The molecule has 1 N–H and O–H groups in total. The Morgan fingerprint density at radius 2 is 1.58 bits per heavy atom. The van der Waals surface area contributed by atoms with Crippen LogP contribution in [0.3, 0.4) is 0 Å². The number of nitrogens with one attached hydrogen (secondary N) is 1. The van der Waals surface area contributed by atoms with Crippen LogP contribution in [0.2, 0.25) is 0 Å². The highest BCUT2D eigenvalue weighted by molar-refractivity contribution is 6.39. The van der Waals surface area contributed by atoms with Crippen molar-refractivity contribution in [2.24, 2.45) is 0 Å². The summed E-state index contributed by atoms with van der Waals surface area (Å²) < 4.78 is 6.16. The van der Waals surface area contributed by atoms with Gasteiger partial charge in [0.25, 0.3) is 0 Å². The number of hydrogen-bond donors (Lipinski definition) is 1. The van der Waals surface area contributed by atoms with Crippen LogP contribution in [0.15, 0.2) is 48.5 Å². The lowest BCUT2D eigenvalue weighted by Crippen LogP contribution is -2.46. The first-order valence-corrected chi connectivity index (χ1v) is 8.93. The molecule has 0 unspecified atom stereocenters. The molecule has 1 heterocycles. The number of ether oxygens (including phenoxy) is 1. The summed E-state index contributed by atoms with van der Waals surface area (Å²) in [7, 11) is 0. The summed E-state index contributed by atoms with van der Waals surface area (Å²) in [5.74, 6) is -0.149. The molecule has 5 nitrogen and oxygen atoms in total. The van der Waals surface area contributed by atoms with Crippen LogP contribution >= 0.6 is 0 Å². The third-order valence-corrected chi connectivity index (χ3v) is 4.65. The minimum Gasteiger partial charge on any atom is -0.490 e. The zero-order valence-electron chi connectivity index (χ0n) is 15.2. The van der Waals surface area contributed by atoms with E-state index in [1.807, 2.05) is 50.2 Å². The van der Waals surface area contributed by atoms with Gasteiger partial charge in [0.05, 0.1) is 0 Å². The molecule has 1 aliphatic rings. The van der Waals surface area contributed by atoms with Crippen LogP contribution < -0.4 is 10.1 Å². The molecule has 0 radical (unpaired) electrons. The Bertz CT molecular complexity index is 761. The molecule has 3 rings (SSSR count). The van der Waals surface area contributed by atoms with Gasteiger partial charge < -0.3 is 15.0 Å². The molecule has 2 aromatic rings. The number of aryl methyl sites for hydroxylation is 2. The van der Waals surface area contributed by atoms with E-state index >= 15 is 0 Å². The number of carbonyl (C=O) groups excluding carboxylic acids is 2. The highest BCUT2D eigenvalue weighted by Gasteiger charge is 2.28. The van der Waals surface area contributed by atoms with Gasteiger partial charge in [-0.2, -0.15) is 0 Å². The number of amides is 2. The van der Waals surface area contributed by atoms with Crippen LogP contribution in [-0.2, 0) is 9.59 Å². The van der Waals surface area contributed by atoms with E-state index in [1.54, 1.807) is 17.0 Å². The van der Waals surface area contributed by atoms with E-state index in [4.69, 9.17) is 4.74 Å².